The number of rotatable bonds is 3. The van der Waals surface area contributed by atoms with Crippen LogP contribution in [0.5, 0.6) is 5.75 Å². The average molecular weight is 336 g/mol. The second-order valence-corrected chi connectivity index (χ2v) is 6.84. The van der Waals surface area contributed by atoms with Gasteiger partial charge < -0.3 is 20.5 Å². The van der Waals surface area contributed by atoms with Crippen LogP contribution >= 0.6 is 0 Å². The predicted octanol–water partition coefficient (Wildman–Crippen LogP) is 1.68. The monoisotopic (exact) mass is 336 g/mol. The molecule has 0 unspecified atom stereocenters. The van der Waals surface area contributed by atoms with Crippen molar-refractivity contribution in [2.45, 2.75) is 50.4 Å². The molecule has 1 aromatic rings. The lowest BCUT2D eigenvalue weighted by molar-refractivity contribution is -0.140. The molecule has 1 aromatic carbocycles. The maximum absolute atomic E-state index is 13.2. The second kappa shape index (κ2) is 7.49. The molecule has 1 saturated carbocycles. The molecular formula is C18H25FN2O3. The van der Waals surface area contributed by atoms with E-state index in [-0.39, 0.29) is 29.8 Å². The van der Waals surface area contributed by atoms with Crippen molar-refractivity contribution in [1.29, 1.82) is 0 Å². The van der Waals surface area contributed by atoms with Crippen molar-refractivity contribution >= 4 is 5.91 Å². The summed E-state index contributed by atoms with van der Waals surface area (Å²) in [7, 11) is 0. The van der Waals surface area contributed by atoms with Gasteiger partial charge in [0.2, 0.25) is 5.91 Å². The third-order valence-electron chi connectivity index (χ3n) is 5.07. The Bertz CT molecular complexity index is 575. The van der Waals surface area contributed by atoms with Crippen molar-refractivity contribution in [2.24, 2.45) is 11.7 Å². The molecule has 1 aliphatic heterocycles. The molecule has 2 aliphatic rings. The maximum Gasteiger partial charge on any atom is 0.225 e. The molecule has 24 heavy (non-hydrogen) atoms. The Balaban J connectivity index is 1.49. The minimum atomic E-state index is -0.582. The molecule has 1 heterocycles. The van der Waals surface area contributed by atoms with Crippen LogP contribution in [-0.4, -0.2) is 47.3 Å². The number of carbonyl (C=O) groups excluding carboxylic acids is 1. The van der Waals surface area contributed by atoms with Gasteiger partial charge in [-0.15, -0.1) is 0 Å². The van der Waals surface area contributed by atoms with Gasteiger partial charge >= 0.3 is 0 Å². The van der Waals surface area contributed by atoms with Crippen molar-refractivity contribution in [3.05, 3.63) is 30.1 Å². The second-order valence-electron chi connectivity index (χ2n) is 6.84. The molecule has 0 radical (unpaired) electrons. The Labute approximate surface area is 141 Å². The molecule has 3 N–H and O–H groups in total. The average Bonchev–Trinajstić information content (AvgIpc) is 2.57. The lowest BCUT2D eigenvalue weighted by Gasteiger charge is -2.37. The fraction of sp³-hybridized carbons (Fsp3) is 0.611. The summed E-state index contributed by atoms with van der Waals surface area (Å²) in [5, 5.41) is 9.88. The summed E-state index contributed by atoms with van der Waals surface area (Å²) in [6, 6.07) is 5.93. The quantitative estimate of drug-likeness (QED) is 0.881. The Kier molecular flexibility index (Phi) is 5.36. The van der Waals surface area contributed by atoms with Crippen molar-refractivity contribution in [3.8, 4) is 5.75 Å². The third-order valence-corrected chi connectivity index (χ3v) is 5.07. The number of carbonyl (C=O) groups is 1. The number of likely N-dealkylation sites (tertiary alicyclic amines) is 1. The highest BCUT2D eigenvalue weighted by molar-refractivity contribution is 5.79. The normalized spacial score (nSPS) is 28.6. The van der Waals surface area contributed by atoms with E-state index in [2.05, 4.69) is 0 Å². The number of halogens is 1. The molecular weight excluding hydrogens is 311 g/mol. The van der Waals surface area contributed by atoms with Gasteiger partial charge in [0.25, 0.3) is 0 Å². The van der Waals surface area contributed by atoms with Gasteiger partial charge in [0.1, 0.15) is 17.7 Å². The first-order valence-corrected chi connectivity index (χ1v) is 8.67. The number of hydrogen-bond acceptors (Lipinski definition) is 4. The van der Waals surface area contributed by atoms with Crippen LogP contribution in [0.1, 0.15) is 32.1 Å². The fourth-order valence-corrected chi connectivity index (χ4v) is 3.58. The number of amides is 1. The maximum atomic E-state index is 13.2. The summed E-state index contributed by atoms with van der Waals surface area (Å²) in [6.07, 6.45) is 2.78. The number of piperidine rings is 1. The summed E-state index contributed by atoms with van der Waals surface area (Å²) in [5.41, 5.74) is 5.80. The Morgan fingerprint density at radius 2 is 2.00 bits per heavy atom. The molecule has 132 valence electrons. The van der Waals surface area contributed by atoms with Crippen LogP contribution in [0.15, 0.2) is 24.3 Å². The SMILES string of the molecule is N[C@@H]1CC[C@H](C(=O)N2CCC(Oc3cccc(F)c3)CC2)C[C@H]1O. The number of ether oxygens (including phenoxy) is 1. The standard InChI is InChI=1S/C18H25FN2O3/c19-13-2-1-3-15(11-13)24-14-6-8-21(9-7-14)18(23)12-4-5-16(20)17(22)10-12/h1-3,11-12,14,16-17,22H,4-10,20H2/t12-,16+,17+/m0/s1. The number of hydrogen-bond donors (Lipinski definition) is 2. The molecule has 5 nitrogen and oxygen atoms in total. The van der Waals surface area contributed by atoms with E-state index in [4.69, 9.17) is 10.5 Å². The molecule has 2 fully saturated rings. The van der Waals surface area contributed by atoms with Gasteiger partial charge in [-0.25, -0.2) is 4.39 Å². The van der Waals surface area contributed by atoms with Gasteiger partial charge in [0.15, 0.2) is 0 Å². The van der Waals surface area contributed by atoms with Crippen molar-refractivity contribution in [1.82, 2.24) is 4.90 Å². The third kappa shape index (κ3) is 4.05. The van der Waals surface area contributed by atoms with E-state index < -0.39 is 6.10 Å². The summed E-state index contributed by atoms with van der Waals surface area (Å²) in [5.74, 6) is 0.212. The molecule has 0 spiro atoms. The van der Waals surface area contributed by atoms with Crippen molar-refractivity contribution < 1.29 is 19.0 Å². The zero-order valence-electron chi connectivity index (χ0n) is 13.7. The number of nitrogens with zero attached hydrogens (tertiary/aromatic N) is 1. The van der Waals surface area contributed by atoms with Gasteiger partial charge in [-0.2, -0.15) is 0 Å². The minimum Gasteiger partial charge on any atom is -0.490 e. The van der Waals surface area contributed by atoms with Crippen molar-refractivity contribution in [3.63, 3.8) is 0 Å². The first-order valence-electron chi connectivity index (χ1n) is 8.67. The predicted molar refractivity (Wildman–Crippen MR) is 88.0 cm³/mol. The molecule has 0 aromatic heterocycles. The van der Waals surface area contributed by atoms with E-state index in [1.807, 2.05) is 4.90 Å². The highest BCUT2D eigenvalue weighted by Gasteiger charge is 2.34. The smallest absolute Gasteiger partial charge is 0.225 e. The largest absolute Gasteiger partial charge is 0.490 e. The summed E-state index contributed by atoms with van der Waals surface area (Å²) < 4.78 is 19.0. The Morgan fingerprint density at radius 1 is 1.25 bits per heavy atom. The van der Waals surface area contributed by atoms with E-state index in [1.54, 1.807) is 12.1 Å². The van der Waals surface area contributed by atoms with Gasteiger partial charge in [0, 0.05) is 44.0 Å². The van der Waals surface area contributed by atoms with Crippen LogP contribution in [-0.2, 0) is 4.79 Å². The number of aliphatic hydroxyl groups is 1. The fourth-order valence-electron chi connectivity index (χ4n) is 3.58. The van der Waals surface area contributed by atoms with Crippen molar-refractivity contribution in [2.75, 3.05) is 13.1 Å². The van der Waals surface area contributed by atoms with Gasteiger partial charge in [-0.1, -0.05) is 6.07 Å². The number of benzene rings is 1. The van der Waals surface area contributed by atoms with E-state index in [0.717, 1.165) is 19.3 Å². The van der Waals surface area contributed by atoms with Crippen LogP contribution in [0, 0.1) is 11.7 Å². The highest BCUT2D eigenvalue weighted by Crippen LogP contribution is 2.27. The van der Waals surface area contributed by atoms with E-state index >= 15 is 0 Å². The van der Waals surface area contributed by atoms with Gasteiger partial charge in [0.05, 0.1) is 6.10 Å². The molecule has 1 aliphatic carbocycles. The molecule has 3 atom stereocenters. The summed E-state index contributed by atoms with van der Waals surface area (Å²) >= 11 is 0. The molecule has 1 amide bonds. The molecule has 3 rings (SSSR count). The molecule has 1 saturated heterocycles. The lowest BCUT2D eigenvalue weighted by Crippen LogP contribution is -2.48. The molecule has 0 bridgehead atoms. The van der Waals surface area contributed by atoms with Crippen LogP contribution in [0.25, 0.3) is 0 Å². The zero-order chi connectivity index (χ0) is 17.1. The van der Waals surface area contributed by atoms with Crippen LogP contribution in [0.4, 0.5) is 4.39 Å². The van der Waals surface area contributed by atoms with E-state index in [1.165, 1.54) is 12.1 Å². The van der Waals surface area contributed by atoms with Gasteiger partial charge in [-0.3, -0.25) is 4.79 Å². The first-order chi connectivity index (χ1) is 11.5. The lowest BCUT2D eigenvalue weighted by atomic mass is 9.83. The van der Waals surface area contributed by atoms with Gasteiger partial charge in [-0.05, 0) is 31.4 Å². The van der Waals surface area contributed by atoms with Crippen LogP contribution in [0.3, 0.4) is 0 Å². The Hall–Kier alpha value is -1.66. The van der Waals surface area contributed by atoms with Crippen LogP contribution in [0.2, 0.25) is 0 Å². The summed E-state index contributed by atoms with van der Waals surface area (Å²) in [4.78, 5) is 14.5. The first kappa shape index (κ1) is 17.2. The number of aliphatic hydroxyl groups excluding tert-OH is 1. The van der Waals surface area contributed by atoms with Crippen LogP contribution < -0.4 is 10.5 Å². The van der Waals surface area contributed by atoms with E-state index in [9.17, 15) is 14.3 Å². The van der Waals surface area contributed by atoms with E-state index in [0.29, 0.717) is 31.7 Å². The zero-order valence-corrected chi connectivity index (χ0v) is 13.7. The highest BCUT2D eigenvalue weighted by atomic mass is 19.1. The minimum absolute atomic E-state index is 0.00113. The topological polar surface area (TPSA) is 75.8 Å². The molecule has 6 heteroatoms. The summed E-state index contributed by atoms with van der Waals surface area (Å²) in [6.45, 7) is 1.27. The Morgan fingerprint density at radius 3 is 2.67 bits per heavy atom. The number of nitrogens with two attached hydrogens (primary N) is 1.